The van der Waals surface area contributed by atoms with Gasteiger partial charge in [0.15, 0.2) is 4.88 Å². The molecule has 1 N–H and O–H groups in total. The van der Waals surface area contributed by atoms with Gasteiger partial charge in [-0.3, -0.25) is 4.57 Å². The summed E-state index contributed by atoms with van der Waals surface area (Å²) in [5.74, 6) is 0.0841. The van der Waals surface area contributed by atoms with Gasteiger partial charge in [0, 0.05) is 43.5 Å². The molecule has 258 valence electrons. The second kappa shape index (κ2) is 14.2. The minimum atomic E-state index is -4.56. The van der Waals surface area contributed by atoms with Gasteiger partial charge in [0.25, 0.3) is 0 Å². The van der Waals surface area contributed by atoms with Gasteiger partial charge in [-0.25, -0.2) is 19.6 Å². The van der Waals surface area contributed by atoms with Gasteiger partial charge in [-0.1, -0.05) is 24.3 Å². The molecule has 0 aliphatic rings. The number of aromatic nitrogens is 3. The SMILES string of the molecule is COC(=O)c1sc(-n2cnc3cc(-c4ccc(NCCN(C)C(=O)OC(C)(C)C)nc4)ccc32)cc1O[C@H](C)c1ccccc1C(F)(F)F. The minimum absolute atomic E-state index is 0.0525. The highest BCUT2D eigenvalue weighted by Gasteiger charge is 2.35. The molecule has 2 aromatic carbocycles. The molecule has 3 aromatic heterocycles. The highest BCUT2D eigenvalue weighted by atomic mass is 32.1. The molecule has 0 spiro atoms. The Morgan fingerprint density at radius 3 is 2.43 bits per heavy atom. The maximum atomic E-state index is 13.7. The molecular formula is C35H36F3N5O5S. The van der Waals surface area contributed by atoms with Crippen LogP contribution < -0.4 is 10.1 Å². The van der Waals surface area contributed by atoms with Crippen LogP contribution in [0.3, 0.4) is 0 Å². The van der Waals surface area contributed by atoms with E-state index in [-0.39, 0.29) is 16.2 Å². The van der Waals surface area contributed by atoms with E-state index in [1.165, 1.54) is 37.1 Å². The van der Waals surface area contributed by atoms with Crippen LogP contribution in [0.4, 0.5) is 23.8 Å². The van der Waals surface area contributed by atoms with Crippen molar-refractivity contribution in [1.29, 1.82) is 0 Å². The number of nitrogens with zero attached hydrogens (tertiary/aromatic N) is 4. The van der Waals surface area contributed by atoms with Crippen LogP contribution in [0.15, 0.2) is 73.2 Å². The van der Waals surface area contributed by atoms with Crippen molar-refractivity contribution < 1.29 is 37.0 Å². The molecule has 0 saturated heterocycles. The van der Waals surface area contributed by atoms with E-state index in [4.69, 9.17) is 14.2 Å². The molecule has 0 aliphatic carbocycles. The fourth-order valence-electron chi connectivity index (χ4n) is 4.99. The van der Waals surface area contributed by atoms with Crippen molar-refractivity contribution >= 4 is 40.3 Å². The lowest BCUT2D eigenvalue weighted by Gasteiger charge is -2.24. The van der Waals surface area contributed by atoms with E-state index in [0.29, 0.717) is 29.4 Å². The number of ether oxygens (including phenoxy) is 3. The molecule has 0 unspecified atom stereocenters. The summed E-state index contributed by atoms with van der Waals surface area (Å²) in [6, 6.07) is 16.3. The molecular weight excluding hydrogens is 659 g/mol. The van der Waals surface area contributed by atoms with Gasteiger partial charge < -0.3 is 24.4 Å². The molecule has 0 saturated carbocycles. The summed E-state index contributed by atoms with van der Waals surface area (Å²) >= 11 is 1.08. The predicted molar refractivity (Wildman–Crippen MR) is 181 cm³/mol. The van der Waals surface area contributed by atoms with E-state index < -0.39 is 35.5 Å². The number of imidazole rings is 1. The number of nitrogens with one attached hydrogen (secondary N) is 1. The van der Waals surface area contributed by atoms with Gasteiger partial charge in [0.05, 0.1) is 23.7 Å². The Morgan fingerprint density at radius 2 is 1.76 bits per heavy atom. The van der Waals surface area contributed by atoms with E-state index in [2.05, 4.69) is 15.3 Å². The van der Waals surface area contributed by atoms with Crippen molar-refractivity contribution in [1.82, 2.24) is 19.4 Å². The highest BCUT2D eigenvalue weighted by Crippen LogP contribution is 2.40. The van der Waals surface area contributed by atoms with Crippen molar-refractivity contribution in [2.75, 3.05) is 32.6 Å². The van der Waals surface area contributed by atoms with E-state index in [9.17, 15) is 22.8 Å². The summed E-state index contributed by atoms with van der Waals surface area (Å²) in [5.41, 5.74) is 1.73. The smallest absolute Gasteiger partial charge is 0.416 e. The third-order valence-corrected chi connectivity index (χ3v) is 8.50. The number of anilines is 1. The Labute approximate surface area is 285 Å². The number of esters is 1. The number of methoxy groups -OCH3 is 1. The molecule has 14 heteroatoms. The molecule has 3 heterocycles. The Morgan fingerprint density at radius 1 is 1.02 bits per heavy atom. The molecule has 0 aliphatic heterocycles. The first-order valence-corrected chi connectivity index (χ1v) is 16.1. The van der Waals surface area contributed by atoms with Crippen LogP contribution >= 0.6 is 11.3 Å². The summed E-state index contributed by atoms with van der Waals surface area (Å²) in [4.78, 5) is 35.5. The predicted octanol–water partition coefficient (Wildman–Crippen LogP) is 8.37. The number of halogens is 3. The number of amides is 1. The van der Waals surface area contributed by atoms with Gasteiger partial charge in [-0.15, -0.1) is 11.3 Å². The zero-order valence-electron chi connectivity index (χ0n) is 27.8. The van der Waals surface area contributed by atoms with Crippen LogP contribution in [0.1, 0.15) is 54.6 Å². The van der Waals surface area contributed by atoms with Crippen LogP contribution in [0.25, 0.3) is 27.2 Å². The average molecular weight is 696 g/mol. The quantitative estimate of drug-likeness (QED) is 0.145. The number of carbonyl (C=O) groups is 2. The Bertz CT molecular complexity index is 1950. The molecule has 5 aromatic rings. The van der Waals surface area contributed by atoms with E-state index in [1.807, 2.05) is 51.1 Å². The van der Waals surface area contributed by atoms with Crippen LogP contribution in [0.2, 0.25) is 0 Å². The number of likely N-dealkylation sites (N-methyl/N-ethyl adjacent to an activating group) is 1. The van der Waals surface area contributed by atoms with Gasteiger partial charge in [0.1, 0.15) is 34.6 Å². The first-order valence-electron chi connectivity index (χ1n) is 15.3. The molecule has 0 bridgehead atoms. The fraction of sp³-hybridized carbons (Fsp3) is 0.314. The van der Waals surface area contributed by atoms with Crippen LogP contribution in [0.5, 0.6) is 5.75 Å². The zero-order valence-corrected chi connectivity index (χ0v) is 28.6. The minimum Gasteiger partial charge on any atom is -0.484 e. The number of thiophene rings is 1. The topological polar surface area (TPSA) is 108 Å². The van der Waals surface area contributed by atoms with Crippen molar-refractivity contribution in [3.05, 3.63) is 89.2 Å². The maximum absolute atomic E-state index is 13.7. The monoisotopic (exact) mass is 695 g/mol. The van der Waals surface area contributed by atoms with Crippen molar-refractivity contribution in [2.45, 2.75) is 45.6 Å². The number of carbonyl (C=O) groups excluding carboxylic acids is 2. The number of alkyl halides is 3. The van der Waals surface area contributed by atoms with Crippen LogP contribution in [-0.2, 0) is 15.7 Å². The standard InChI is InChI=1S/C35H36F3N5O5S/c1-21(24-9-7-8-10-25(24)35(36,37)38)47-28-18-30(49-31(28)32(44)46-6)43-20-41-26-17-22(11-13-27(26)43)23-12-14-29(40-19-23)39-15-16-42(5)33(45)48-34(2,3)4/h7-14,17-21H,15-16H2,1-6H3,(H,39,40)/t21-/m1/s1. The lowest BCUT2D eigenvalue weighted by molar-refractivity contribution is -0.139. The summed E-state index contributed by atoms with van der Waals surface area (Å²) < 4.78 is 59.1. The second-order valence-electron chi connectivity index (χ2n) is 12.2. The fourth-order valence-corrected chi connectivity index (χ4v) is 5.98. The number of rotatable bonds is 10. The van der Waals surface area contributed by atoms with Crippen LogP contribution in [-0.4, -0.2) is 64.3 Å². The number of hydrogen-bond acceptors (Lipinski definition) is 9. The number of hydrogen-bond donors (Lipinski definition) is 1. The summed E-state index contributed by atoms with van der Waals surface area (Å²) in [6.07, 6.45) is -2.63. The van der Waals surface area contributed by atoms with Crippen LogP contribution in [0, 0.1) is 0 Å². The van der Waals surface area contributed by atoms with E-state index in [1.54, 1.807) is 30.2 Å². The van der Waals surface area contributed by atoms with Gasteiger partial charge in [0.2, 0.25) is 0 Å². The summed E-state index contributed by atoms with van der Waals surface area (Å²) in [5, 5.41) is 3.77. The van der Waals surface area contributed by atoms with Gasteiger partial charge in [-0.2, -0.15) is 13.2 Å². The number of pyridine rings is 1. The van der Waals surface area contributed by atoms with E-state index >= 15 is 0 Å². The second-order valence-corrected chi connectivity index (χ2v) is 13.2. The first kappa shape index (κ1) is 35.2. The van der Waals surface area contributed by atoms with Gasteiger partial charge >= 0.3 is 18.2 Å². The third kappa shape index (κ3) is 8.31. The molecule has 0 fully saturated rings. The van der Waals surface area contributed by atoms with Crippen molar-refractivity contribution in [3.8, 4) is 21.9 Å². The third-order valence-electron chi connectivity index (χ3n) is 7.40. The summed E-state index contributed by atoms with van der Waals surface area (Å²) in [6.45, 7) is 7.88. The molecule has 1 amide bonds. The molecule has 49 heavy (non-hydrogen) atoms. The highest BCUT2D eigenvalue weighted by molar-refractivity contribution is 7.16. The normalized spacial score (nSPS) is 12.4. The van der Waals surface area contributed by atoms with Crippen molar-refractivity contribution in [2.24, 2.45) is 0 Å². The molecule has 1 atom stereocenters. The number of fused-ring (bicyclic) bond motifs is 1. The number of benzene rings is 2. The molecule has 5 rings (SSSR count). The first-order chi connectivity index (χ1) is 23.1. The van der Waals surface area contributed by atoms with E-state index in [0.717, 1.165) is 34.0 Å². The van der Waals surface area contributed by atoms with Gasteiger partial charge in [-0.05, 0) is 63.6 Å². The lowest BCUT2D eigenvalue weighted by Crippen LogP contribution is -2.36. The summed E-state index contributed by atoms with van der Waals surface area (Å²) in [7, 11) is 2.90. The van der Waals surface area contributed by atoms with Crippen molar-refractivity contribution in [3.63, 3.8) is 0 Å². The Hall–Kier alpha value is -5.11. The zero-order chi connectivity index (χ0) is 35.5. The largest absolute Gasteiger partial charge is 0.484 e. The maximum Gasteiger partial charge on any atom is 0.416 e. The molecule has 0 radical (unpaired) electrons. The molecule has 10 nitrogen and oxygen atoms in total. The Balaban J connectivity index is 1.31. The average Bonchev–Trinajstić information content (AvgIpc) is 3.67. The Kier molecular flexibility index (Phi) is 10.2. The lowest BCUT2D eigenvalue weighted by atomic mass is 10.0.